The van der Waals surface area contributed by atoms with Crippen molar-refractivity contribution in [3.63, 3.8) is 0 Å². The van der Waals surface area contributed by atoms with Crippen molar-refractivity contribution in [1.29, 1.82) is 0 Å². The molecule has 0 fully saturated rings. The van der Waals surface area contributed by atoms with Crippen LogP contribution in [0.5, 0.6) is 11.5 Å². The smallest absolute Gasteiger partial charge is 0.123 e. The minimum atomic E-state index is 0.190. The van der Waals surface area contributed by atoms with E-state index in [1.165, 1.54) is 24.0 Å². The van der Waals surface area contributed by atoms with Crippen molar-refractivity contribution in [1.82, 2.24) is 0 Å². The van der Waals surface area contributed by atoms with E-state index in [0.29, 0.717) is 11.8 Å². The van der Waals surface area contributed by atoms with Gasteiger partial charge in [-0.25, -0.2) is 0 Å². The molecule has 114 valence electrons. The van der Waals surface area contributed by atoms with Crippen LogP contribution in [-0.4, -0.2) is 13.2 Å². The fourth-order valence-corrected chi connectivity index (χ4v) is 2.55. The number of hydrogen-bond acceptors (Lipinski definition) is 2. The molecule has 0 radical (unpaired) electrons. The Morgan fingerprint density at radius 1 is 0.950 bits per heavy atom. The molecule has 0 aliphatic rings. The summed E-state index contributed by atoms with van der Waals surface area (Å²) in [5.41, 5.74) is 2.48. The quantitative estimate of drug-likeness (QED) is 0.654. The van der Waals surface area contributed by atoms with Gasteiger partial charge in [0.2, 0.25) is 0 Å². The minimum Gasteiger partial charge on any atom is -0.496 e. The fourth-order valence-electron chi connectivity index (χ4n) is 2.55. The van der Waals surface area contributed by atoms with Gasteiger partial charge in [-0.05, 0) is 44.2 Å². The van der Waals surface area contributed by atoms with E-state index in [2.05, 4.69) is 53.7 Å². The van der Waals surface area contributed by atoms with Crippen molar-refractivity contribution < 1.29 is 9.47 Å². The molecule has 0 aromatic heterocycles. The maximum absolute atomic E-state index is 6.02. The predicted octanol–water partition coefficient (Wildman–Crippen LogP) is 5.51. The average Bonchev–Trinajstić information content (AvgIpc) is 2.37. The van der Waals surface area contributed by atoms with Crippen molar-refractivity contribution in [2.75, 3.05) is 7.11 Å². The van der Waals surface area contributed by atoms with E-state index in [0.717, 1.165) is 11.5 Å². The lowest BCUT2D eigenvalue weighted by Crippen LogP contribution is -2.10. The molecular formula is C18H30O2. The zero-order chi connectivity index (χ0) is 15.3. The van der Waals surface area contributed by atoms with Crippen molar-refractivity contribution >= 4 is 0 Å². The second-order valence-electron chi connectivity index (χ2n) is 6.14. The number of methoxy groups -OCH3 is 1. The summed E-state index contributed by atoms with van der Waals surface area (Å²) in [7, 11) is 1.75. The highest BCUT2D eigenvalue weighted by Crippen LogP contribution is 2.38. The lowest BCUT2D eigenvalue weighted by Gasteiger charge is -2.22. The van der Waals surface area contributed by atoms with Gasteiger partial charge in [0.1, 0.15) is 11.5 Å². The topological polar surface area (TPSA) is 18.5 Å². The summed E-state index contributed by atoms with van der Waals surface area (Å²) in [4.78, 5) is 0. The maximum Gasteiger partial charge on any atom is 0.123 e. The SMILES string of the molecule is CCCC(C)c1cc(OC(C)C)c(C(C)C)cc1OC. The Morgan fingerprint density at radius 2 is 1.55 bits per heavy atom. The summed E-state index contributed by atoms with van der Waals surface area (Å²) in [5, 5.41) is 0. The van der Waals surface area contributed by atoms with Crippen LogP contribution >= 0.6 is 0 Å². The summed E-state index contributed by atoms with van der Waals surface area (Å²) in [5.74, 6) is 2.92. The first-order valence-corrected chi connectivity index (χ1v) is 7.79. The first-order valence-electron chi connectivity index (χ1n) is 7.79. The summed E-state index contributed by atoms with van der Waals surface area (Å²) < 4.78 is 11.6. The molecule has 1 atom stereocenters. The van der Waals surface area contributed by atoms with Crippen LogP contribution in [-0.2, 0) is 0 Å². The summed E-state index contributed by atoms with van der Waals surface area (Å²) >= 11 is 0. The zero-order valence-electron chi connectivity index (χ0n) is 14.1. The Labute approximate surface area is 124 Å². The van der Waals surface area contributed by atoms with Crippen molar-refractivity contribution in [3.8, 4) is 11.5 Å². The standard InChI is InChI=1S/C18H30O2/c1-8-9-14(6)16-11-18(20-13(4)5)15(12(2)3)10-17(16)19-7/h10-14H,8-9H2,1-7H3. The molecule has 0 amide bonds. The Bertz CT molecular complexity index is 422. The summed E-state index contributed by atoms with van der Waals surface area (Å²) in [6.45, 7) is 13.0. The molecule has 2 heteroatoms. The maximum atomic E-state index is 6.02. The van der Waals surface area contributed by atoms with E-state index in [-0.39, 0.29) is 6.10 Å². The van der Waals surface area contributed by atoms with E-state index in [1.54, 1.807) is 7.11 Å². The molecule has 1 aromatic rings. The highest BCUT2D eigenvalue weighted by Gasteiger charge is 2.18. The molecule has 0 saturated carbocycles. The van der Waals surface area contributed by atoms with Gasteiger partial charge in [0, 0.05) is 11.1 Å². The molecular weight excluding hydrogens is 248 g/mol. The van der Waals surface area contributed by atoms with E-state index in [4.69, 9.17) is 9.47 Å². The van der Waals surface area contributed by atoms with Gasteiger partial charge in [-0.2, -0.15) is 0 Å². The second kappa shape index (κ2) is 7.56. The van der Waals surface area contributed by atoms with Gasteiger partial charge in [0.15, 0.2) is 0 Å². The van der Waals surface area contributed by atoms with Gasteiger partial charge in [0.25, 0.3) is 0 Å². The van der Waals surface area contributed by atoms with Crippen LogP contribution in [0.4, 0.5) is 0 Å². The van der Waals surface area contributed by atoms with Crippen molar-refractivity contribution in [2.24, 2.45) is 0 Å². The Balaban J connectivity index is 3.29. The number of hydrogen-bond donors (Lipinski definition) is 0. The van der Waals surface area contributed by atoms with Gasteiger partial charge < -0.3 is 9.47 Å². The predicted molar refractivity (Wildman–Crippen MR) is 86.2 cm³/mol. The number of benzene rings is 1. The number of rotatable bonds is 7. The molecule has 1 rings (SSSR count). The van der Waals surface area contributed by atoms with E-state index in [1.807, 2.05) is 0 Å². The lowest BCUT2D eigenvalue weighted by molar-refractivity contribution is 0.238. The molecule has 0 aliphatic heterocycles. The minimum absolute atomic E-state index is 0.190. The Morgan fingerprint density at radius 3 is 2.00 bits per heavy atom. The largest absolute Gasteiger partial charge is 0.496 e. The van der Waals surface area contributed by atoms with E-state index >= 15 is 0 Å². The van der Waals surface area contributed by atoms with Gasteiger partial charge in [-0.15, -0.1) is 0 Å². The molecule has 0 spiro atoms. The van der Waals surface area contributed by atoms with Crippen LogP contribution in [0.3, 0.4) is 0 Å². The third-order valence-corrected chi connectivity index (χ3v) is 3.60. The van der Waals surface area contributed by atoms with Crippen LogP contribution in [0.25, 0.3) is 0 Å². The highest BCUT2D eigenvalue weighted by molar-refractivity contribution is 5.49. The first kappa shape index (κ1) is 16.9. The van der Waals surface area contributed by atoms with Gasteiger partial charge in [-0.1, -0.05) is 34.1 Å². The molecule has 0 N–H and O–H groups in total. The van der Waals surface area contributed by atoms with Gasteiger partial charge in [-0.3, -0.25) is 0 Å². The molecule has 0 heterocycles. The van der Waals surface area contributed by atoms with Crippen LogP contribution in [0.15, 0.2) is 12.1 Å². The second-order valence-corrected chi connectivity index (χ2v) is 6.14. The van der Waals surface area contributed by atoms with Crippen LogP contribution in [0, 0.1) is 0 Å². The number of ether oxygens (including phenoxy) is 2. The third kappa shape index (κ3) is 4.16. The van der Waals surface area contributed by atoms with E-state index < -0.39 is 0 Å². The highest BCUT2D eigenvalue weighted by atomic mass is 16.5. The molecule has 1 aromatic carbocycles. The normalized spacial score (nSPS) is 12.8. The van der Waals surface area contributed by atoms with E-state index in [9.17, 15) is 0 Å². The Kier molecular flexibility index (Phi) is 6.38. The molecule has 2 nitrogen and oxygen atoms in total. The zero-order valence-corrected chi connectivity index (χ0v) is 14.1. The fraction of sp³-hybridized carbons (Fsp3) is 0.667. The lowest BCUT2D eigenvalue weighted by atomic mass is 9.91. The van der Waals surface area contributed by atoms with Crippen LogP contribution in [0.1, 0.15) is 77.3 Å². The molecule has 0 aliphatic carbocycles. The summed E-state index contributed by atoms with van der Waals surface area (Å²) in [6, 6.07) is 4.35. The monoisotopic (exact) mass is 278 g/mol. The van der Waals surface area contributed by atoms with Gasteiger partial charge >= 0.3 is 0 Å². The molecule has 1 unspecified atom stereocenters. The first-order chi connectivity index (χ1) is 9.40. The van der Waals surface area contributed by atoms with Crippen molar-refractivity contribution in [2.45, 2.75) is 72.3 Å². The van der Waals surface area contributed by atoms with Crippen molar-refractivity contribution in [3.05, 3.63) is 23.3 Å². The summed E-state index contributed by atoms with van der Waals surface area (Å²) in [6.07, 6.45) is 2.53. The average molecular weight is 278 g/mol. The molecule has 0 bridgehead atoms. The van der Waals surface area contributed by atoms with Crippen LogP contribution < -0.4 is 9.47 Å². The molecule has 0 saturated heterocycles. The van der Waals surface area contributed by atoms with Crippen LogP contribution in [0.2, 0.25) is 0 Å². The third-order valence-electron chi connectivity index (χ3n) is 3.60. The Hall–Kier alpha value is -1.18. The van der Waals surface area contributed by atoms with Gasteiger partial charge in [0.05, 0.1) is 13.2 Å². The molecule has 20 heavy (non-hydrogen) atoms.